The van der Waals surface area contributed by atoms with Crippen molar-refractivity contribution in [3.8, 4) is 0 Å². The van der Waals surface area contributed by atoms with Crippen molar-refractivity contribution in [3.05, 3.63) is 17.7 Å². The van der Waals surface area contributed by atoms with Crippen LogP contribution >= 0.6 is 0 Å². The summed E-state index contributed by atoms with van der Waals surface area (Å²) in [6.45, 7) is 3.05. The molecule has 1 saturated heterocycles. The van der Waals surface area contributed by atoms with Crippen LogP contribution in [0.4, 0.5) is 20.4 Å². The van der Waals surface area contributed by atoms with Crippen molar-refractivity contribution in [1.29, 1.82) is 0 Å². The smallest absolute Gasteiger partial charge is 0.244 e. The zero-order valence-corrected chi connectivity index (χ0v) is 11.3. The minimum Gasteiger partial charge on any atom is -0.381 e. The first-order chi connectivity index (χ1) is 9.49. The number of carbonyl (C=O) groups is 1. The largest absolute Gasteiger partial charge is 0.381 e. The summed E-state index contributed by atoms with van der Waals surface area (Å²) in [6, 6.07) is 0.0166. The molecule has 1 fully saturated rings. The molecule has 0 spiro atoms. The number of nitrogens with two attached hydrogens (primary N) is 1. The second kappa shape index (κ2) is 6.02. The molecule has 7 heteroatoms. The van der Waals surface area contributed by atoms with Crippen LogP contribution in [0.5, 0.6) is 0 Å². The average molecular weight is 284 g/mol. The van der Waals surface area contributed by atoms with Crippen LogP contribution in [0.1, 0.15) is 26.2 Å². The van der Waals surface area contributed by atoms with Crippen molar-refractivity contribution in [2.45, 2.75) is 32.2 Å². The van der Waals surface area contributed by atoms with Gasteiger partial charge in [0, 0.05) is 19.2 Å². The predicted molar refractivity (Wildman–Crippen MR) is 72.1 cm³/mol. The summed E-state index contributed by atoms with van der Waals surface area (Å²) in [5, 5.41) is 2.65. The second-order valence-electron chi connectivity index (χ2n) is 4.94. The number of pyridine rings is 1. The van der Waals surface area contributed by atoms with Gasteiger partial charge in [-0.1, -0.05) is 0 Å². The van der Waals surface area contributed by atoms with Crippen LogP contribution in [0.3, 0.4) is 0 Å². The Bertz CT molecular complexity index is 503. The summed E-state index contributed by atoms with van der Waals surface area (Å²) in [5.74, 6) is -2.50. The molecule has 2 rings (SSSR count). The van der Waals surface area contributed by atoms with Crippen molar-refractivity contribution >= 4 is 17.5 Å². The second-order valence-corrected chi connectivity index (χ2v) is 4.94. The maximum Gasteiger partial charge on any atom is 0.244 e. The molecule has 1 aliphatic rings. The Hall–Kier alpha value is -1.92. The Kier molecular flexibility index (Phi) is 4.36. The SMILES string of the molecule is CC(Nc1nc(N)c(F)cc1F)C(=O)N1CCCCC1. The van der Waals surface area contributed by atoms with Gasteiger partial charge in [-0.25, -0.2) is 13.8 Å². The maximum atomic E-state index is 13.6. The standard InChI is InChI=1S/C13H18F2N4O/c1-8(13(20)19-5-3-2-4-6-19)17-12-10(15)7-9(14)11(16)18-12/h7-8H,2-6H2,1H3,(H3,16,17,18). The molecule has 1 aliphatic heterocycles. The van der Waals surface area contributed by atoms with Gasteiger partial charge in [-0.2, -0.15) is 0 Å². The number of rotatable bonds is 3. The van der Waals surface area contributed by atoms with E-state index in [1.165, 1.54) is 0 Å². The van der Waals surface area contributed by atoms with Gasteiger partial charge < -0.3 is 16.0 Å². The van der Waals surface area contributed by atoms with E-state index in [0.29, 0.717) is 19.2 Å². The first kappa shape index (κ1) is 14.5. The zero-order valence-electron chi connectivity index (χ0n) is 11.3. The molecule has 110 valence electrons. The molecule has 1 aromatic rings. The lowest BCUT2D eigenvalue weighted by atomic mass is 10.1. The van der Waals surface area contributed by atoms with Crippen LogP contribution in [0, 0.1) is 11.6 Å². The fraction of sp³-hybridized carbons (Fsp3) is 0.538. The number of hydrogen-bond donors (Lipinski definition) is 2. The molecule has 20 heavy (non-hydrogen) atoms. The summed E-state index contributed by atoms with van der Waals surface area (Å²) >= 11 is 0. The quantitative estimate of drug-likeness (QED) is 0.887. The fourth-order valence-electron chi connectivity index (χ4n) is 2.24. The number of amides is 1. The lowest BCUT2D eigenvalue weighted by molar-refractivity contribution is -0.132. The monoisotopic (exact) mass is 284 g/mol. The van der Waals surface area contributed by atoms with E-state index in [1.807, 2.05) is 0 Å². The zero-order chi connectivity index (χ0) is 14.7. The molecule has 1 aromatic heterocycles. The highest BCUT2D eigenvalue weighted by atomic mass is 19.1. The number of carbonyl (C=O) groups excluding carboxylic acids is 1. The number of halogens is 2. The molecule has 2 heterocycles. The van der Waals surface area contributed by atoms with E-state index in [0.717, 1.165) is 19.3 Å². The van der Waals surface area contributed by atoms with Crippen LogP contribution in [0.15, 0.2) is 6.07 Å². The number of anilines is 2. The summed E-state index contributed by atoms with van der Waals surface area (Å²) in [6.07, 6.45) is 3.08. The van der Waals surface area contributed by atoms with Gasteiger partial charge in [-0.3, -0.25) is 4.79 Å². The van der Waals surface area contributed by atoms with Crippen molar-refractivity contribution in [3.63, 3.8) is 0 Å². The molecule has 0 aliphatic carbocycles. The molecule has 0 aromatic carbocycles. The van der Waals surface area contributed by atoms with E-state index in [9.17, 15) is 13.6 Å². The number of nitrogens with one attached hydrogen (secondary N) is 1. The van der Waals surface area contributed by atoms with Crippen LogP contribution in [0.2, 0.25) is 0 Å². The van der Waals surface area contributed by atoms with Gasteiger partial charge in [0.05, 0.1) is 0 Å². The molecule has 1 atom stereocenters. The maximum absolute atomic E-state index is 13.6. The Morgan fingerprint density at radius 3 is 2.65 bits per heavy atom. The molecule has 3 N–H and O–H groups in total. The van der Waals surface area contributed by atoms with E-state index in [2.05, 4.69) is 10.3 Å². The molecular weight excluding hydrogens is 266 g/mol. The van der Waals surface area contributed by atoms with Crippen LogP contribution in [-0.4, -0.2) is 34.9 Å². The summed E-state index contributed by atoms with van der Waals surface area (Å²) in [4.78, 5) is 17.5. The Morgan fingerprint density at radius 2 is 2.00 bits per heavy atom. The lowest BCUT2D eigenvalue weighted by Crippen LogP contribution is -2.44. The normalized spacial score (nSPS) is 16.9. The summed E-state index contributed by atoms with van der Waals surface area (Å²) < 4.78 is 26.6. The Balaban J connectivity index is 2.05. The van der Waals surface area contributed by atoms with E-state index in [4.69, 9.17) is 5.73 Å². The van der Waals surface area contributed by atoms with Gasteiger partial charge in [-0.05, 0) is 26.2 Å². The predicted octanol–water partition coefficient (Wildman–Crippen LogP) is 1.75. The minimum absolute atomic E-state index is 0.117. The van der Waals surface area contributed by atoms with E-state index < -0.39 is 23.5 Å². The Morgan fingerprint density at radius 1 is 1.35 bits per heavy atom. The fourth-order valence-corrected chi connectivity index (χ4v) is 2.24. The van der Waals surface area contributed by atoms with Gasteiger partial charge in [0.25, 0.3) is 0 Å². The van der Waals surface area contributed by atoms with E-state index >= 15 is 0 Å². The first-order valence-corrected chi connectivity index (χ1v) is 6.66. The van der Waals surface area contributed by atoms with Gasteiger partial charge in [0.2, 0.25) is 5.91 Å². The molecule has 1 unspecified atom stereocenters. The van der Waals surface area contributed by atoms with Crippen molar-refractivity contribution in [1.82, 2.24) is 9.88 Å². The van der Waals surface area contributed by atoms with Gasteiger partial charge in [0.15, 0.2) is 23.3 Å². The Labute approximate surface area is 116 Å². The summed E-state index contributed by atoms with van der Waals surface area (Å²) in [5.41, 5.74) is 5.30. The number of hydrogen-bond acceptors (Lipinski definition) is 4. The number of nitrogen functional groups attached to an aromatic ring is 1. The van der Waals surface area contributed by atoms with Crippen LogP contribution < -0.4 is 11.1 Å². The molecule has 0 bridgehead atoms. The first-order valence-electron chi connectivity index (χ1n) is 6.66. The van der Waals surface area contributed by atoms with Crippen LogP contribution in [0.25, 0.3) is 0 Å². The lowest BCUT2D eigenvalue weighted by Gasteiger charge is -2.29. The molecule has 5 nitrogen and oxygen atoms in total. The average Bonchev–Trinajstić information content (AvgIpc) is 2.44. The number of aromatic nitrogens is 1. The highest BCUT2D eigenvalue weighted by Gasteiger charge is 2.23. The van der Waals surface area contributed by atoms with E-state index in [-0.39, 0.29) is 11.7 Å². The highest BCUT2D eigenvalue weighted by Crippen LogP contribution is 2.18. The third kappa shape index (κ3) is 3.15. The van der Waals surface area contributed by atoms with E-state index in [1.54, 1.807) is 11.8 Å². The number of nitrogens with zero attached hydrogens (tertiary/aromatic N) is 2. The van der Waals surface area contributed by atoms with Crippen molar-refractivity contribution in [2.75, 3.05) is 24.1 Å². The minimum atomic E-state index is -0.914. The van der Waals surface area contributed by atoms with Gasteiger partial charge >= 0.3 is 0 Å². The molecule has 1 amide bonds. The van der Waals surface area contributed by atoms with Gasteiger partial charge in [-0.15, -0.1) is 0 Å². The van der Waals surface area contributed by atoms with Crippen molar-refractivity contribution in [2.24, 2.45) is 0 Å². The van der Waals surface area contributed by atoms with Crippen LogP contribution in [-0.2, 0) is 4.79 Å². The third-order valence-electron chi connectivity index (χ3n) is 3.35. The molecular formula is C13H18F2N4O. The summed E-state index contributed by atoms with van der Waals surface area (Å²) in [7, 11) is 0. The third-order valence-corrected chi connectivity index (χ3v) is 3.35. The topological polar surface area (TPSA) is 71.2 Å². The number of piperidine rings is 1. The molecule has 0 radical (unpaired) electrons. The van der Waals surface area contributed by atoms with Crippen molar-refractivity contribution < 1.29 is 13.6 Å². The van der Waals surface area contributed by atoms with Gasteiger partial charge in [0.1, 0.15) is 6.04 Å². The highest BCUT2D eigenvalue weighted by molar-refractivity contribution is 5.84. The number of likely N-dealkylation sites (tertiary alicyclic amines) is 1. The molecule has 0 saturated carbocycles.